The summed E-state index contributed by atoms with van der Waals surface area (Å²) in [7, 11) is 1.29. The van der Waals surface area contributed by atoms with Gasteiger partial charge in [0.1, 0.15) is 0 Å². The number of carbonyl (C=O) groups excluding carboxylic acids is 2. The largest absolute Gasteiger partial charge is 0.467 e. The standard InChI is InChI=1S/C18H20N2O3/c1-3-13-8-7-11-15(12-13)19-18(22)20-16(17(21)23-2)14-9-5-4-6-10-14/h4-12,16H,3H2,1-2H3,(H2,19,20,22). The molecule has 5 heteroatoms. The molecule has 5 nitrogen and oxygen atoms in total. The molecule has 2 aromatic carbocycles. The Morgan fingerprint density at radius 3 is 2.48 bits per heavy atom. The Labute approximate surface area is 135 Å². The second kappa shape index (κ2) is 7.98. The molecule has 0 saturated heterocycles. The van der Waals surface area contributed by atoms with Crippen molar-refractivity contribution >= 4 is 17.7 Å². The topological polar surface area (TPSA) is 67.4 Å². The number of hydrogen-bond donors (Lipinski definition) is 2. The Bertz CT molecular complexity index is 671. The second-order valence-electron chi connectivity index (χ2n) is 5.02. The van der Waals surface area contributed by atoms with E-state index in [2.05, 4.69) is 10.6 Å². The van der Waals surface area contributed by atoms with Crippen LogP contribution < -0.4 is 10.6 Å². The first-order chi connectivity index (χ1) is 11.1. The number of rotatable bonds is 5. The molecule has 0 radical (unpaired) electrons. The van der Waals surface area contributed by atoms with Crippen LogP contribution in [-0.4, -0.2) is 19.1 Å². The Morgan fingerprint density at radius 2 is 1.83 bits per heavy atom. The summed E-state index contributed by atoms with van der Waals surface area (Å²) in [4.78, 5) is 24.1. The predicted octanol–water partition coefficient (Wildman–Crippen LogP) is 3.28. The monoisotopic (exact) mass is 312 g/mol. The lowest BCUT2D eigenvalue weighted by Crippen LogP contribution is -2.37. The molecule has 0 bridgehead atoms. The summed E-state index contributed by atoms with van der Waals surface area (Å²) in [6, 6.07) is 15.2. The van der Waals surface area contributed by atoms with Crippen molar-refractivity contribution in [2.24, 2.45) is 0 Å². The molecular weight excluding hydrogens is 292 g/mol. The van der Waals surface area contributed by atoms with Crippen LogP contribution in [0.4, 0.5) is 10.5 Å². The van der Waals surface area contributed by atoms with Crippen LogP contribution in [0.1, 0.15) is 24.1 Å². The van der Waals surface area contributed by atoms with Crippen molar-refractivity contribution in [3.8, 4) is 0 Å². The SMILES string of the molecule is CCc1cccc(NC(=O)NC(C(=O)OC)c2ccccc2)c1. The van der Waals surface area contributed by atoms with Crippen LogP contribution in [0, 0.1) is 0 Å². The number of benzene rings is 2. The van der Waals surface area contributed by atoms with E-state index in [4.69, 9.17) is 4.74 Å². The molecule has 2 rings (SSSR count). The quantitative estimate of drug-likeness (QED) is 0.833. The number of methoxy groups -OCH3 is 1. The molecule has 0 aliphatic carbocycles. The van der Waals surface area contributed by atoms with Crippen LogP contribution in [0.25, 0.3) is 0 Å². The third-order valence-corrected chi connectivity index (χ3v) is 3.44. The molecule has 2 amide bonds. The summed E-state index contributed by atoms with van der Waals surface area (Å²) in [5.41, 5.74) is 2.46. The summed E-state index contributed by atoms with van der Waals surface area (Å²) in [6.45, 7) is 2.04. The molecule has 0 fully saturated rings. The minimum atomic E-state index is -0.851. The Hall–Kier alpha value is -2.82. The normalized spacial score (nSPS) is 11.4. The van der Waals surface area contributed by atoms with Crippen molar-refractivity contribution in [2.45, 2.75) is 19.4 Å². The second-order valence-corrected chi connectivity index (χ2v) is 5.02. The maximum absolute atomic E-state index is 12.2. The van der Waals surface area contributed by atoms with E-state index in [0.29, 0.717) is 11.3 Å². The highest BCUT2D eigenvalue weighted by molar-refractivity contribution is 5.93. The lowest BCUT2D eigenvalue weighted by molar-refractivity contribution is -0.143. The van der Waals surface area contributed by atoms with Gasteiger partial charge in [0.25, 0.3) is 0 Å². The summed E-state index contributed by atoms with van der Waals surface area (Å²) < 4.78 is 4.77. The van der Waals surface area contributed by atoms with E-state index < -0.39 is 18.0 Å². The Kier molecular flexibility index (Phi) is 5.74. The number of anilines is 1. The van der Waals surface area contributed by atoms with Gasteiger partial charge in [-0.3, -0.25) is 0 Å². The van der Waals surface area contributed by atoms with Gasteiger partial charge in [-0.25, -0.2) is 9.59 Å². The summed E-state index contributed by atoms with van der Waals surface area (Å²) in [6.07, 6.45) is 0.881. The minimum absolute atomic E-state index is 0.461. The number of urea groups is 1. The van der Waals surface area contributed by atoms with Crippen LogP contribution in [0.3, 0.4) is 0 Å². The zero-order valence-electron chi connectivity index (χ0n) is 13.2. The predicted molar refractivity (Wildman–Crippen MR) is 89.2 cm³/mol. The average molecular weight is 312 g/mol. The molecule has 0 spiro atoms. The van der Waals surface area contributed by atoms with Gasteiger partial charge in [-0.05, 0) is 29.7 Å². The van der Waals surface area contributed by atoms with Gasteiger partial charge in [0.2, 0.25) is 0 Å². The van der Waals surface area contributed by atoms with E-state index in [9.17, 15) is 9.59 Å². The highest BCUT2D eigenvalue weighted by Gasteiger charge is 2.23. The van der Waals surface area contributed by atoms with Gasteiger partial charge in [0, 0.05) is 5.69 Å². The zero-order valence-corrected chi connectivity index (χ0v) is 13.2. The van der Waals surface area contributed by atoms with Crippen molar-refractivity contribution in [3.63, 3.8) is 0 Å². The van der Waals surface area contributed by atoms with Crippen LogP contribution in [0.2, 0.25) is 0 Å². The lowest BCUT2D eigenvalue weighted by Gasteiger charge is -2.17. The molecule has 23 heavy (non-hydrogen) atoms. The minimum Gasteiger partial charge on any atom is -0.467 e. The van der Waals surface area contributed by atoms with Crippen LogP contribution in [0.5, 0.6) is 0 Å². The van der Waals surface area contributed by atoms with Crippen molar-refractivity contribution < 1.29 is 14.3 Å². The molecule has 1 atom stereocenters. The third kappa shape index (κ3) is 4.57. The number of ether oxygens (including phenoxy) is 1. The van der Waals surface area contributed by atoms with E-state index >= 15 is 0 Å². The first-order valence-electron chi connectivity index (χ1n) is 7.43. The van der Waals surface area contributed by atoms with Gasteiger partial charge < -0.3 is 15.4 Å². The van der Waals surface area contributed by atoms with Gasteiger partial charge in [-0.2, -0.15) is 0 Å². The molecule has 0 aliphatic rings. The fourth-order valence-corrected chi connectivity index (χ4v) is 2.21. The van der Waals surface area contributed by atoms with E-state index in [1.54, 1.807) is 30.3 Å². The highest BCUT2D eigenvalue weighted by atomic mass is 16.5. The average Bonchev–Trinajstić information content (AvgIpc) is 2.60. The Balaban J connectivity index is 2.10. The number of aryl methyl sites for hydroxylation is 1. The van der Waals surface area contributed by atoms with Crippen molar-refractivity contribution in [1.29, 1.82) is 0 Å². The first-order valence-corrected chi connectivity index (χ1v) is 7.43. The lowest BCUT2D eigenvalue weighted by atomic mass is 10.1. The molecule has 0 heterocycles. The van der Waals surface area contributed by atoms with Gasteiger partial charge in [-0.15, -0.1) is 0 Å². The van der Waals surface area contributed by atoms with E-state index in [1.165, 1.54) is 7.11 Å². The van der Waals surface area contributed by atoms with Crippen molar-refractivity contribution in [2.75, 3.05) is 12.4 Å². The van der Waals surface area contributed by atoms with E-state index in [1.807, 2.05) is 31.2 Å². The van der Waals surface area contributed by atoms with Gasteiger partial charge in [0.05, 0.1) is 7.11 Å². The van der Waals surface area contributed by atoms with Crippen LogP contribution >= 0.6 is 0 Å². The Morgan fingerprint density at radius 1 is 1.09 bits per heavy atom. The molecule has 2 N–H and O–H groups in total. The summed E-state index contributed by atoms with van der Waals surface area (Å²) in [5, 5.41) is 5.38. The van der Waals surface area contributed by atoms with E-state index in [0.717, 1.165) is 12.0 Å². The molecule has 0 aromatic heterocycles. The number of hydrogen-bond acceptors (Lipinski definition) is 3. The van der Waals surface area contributed by atoms with Crippen molar-refractivity contribution in [1.82, 2.24) is 5.32 Å². The maximum Gasteiger partial charge on any atom is 0.333 e. The zero-order chi connectivity index (χ0) is 16.7. The van der Waals surface area contributed by atoms with Gasteiger partial charge >= 0.3 is 12.0 Å². The summed E-state index contributed by atoms with van der Waals surface area (Å²) in [5.74, 6) is -0.520. The first kappa shape index (κ1) is 16.5. The molecular formula is C18H20N2O3. The molecule has 1 unspecified atom stereocenters. The molecule has 0 saturated carbocycles. The van der Waals surface area contributed by atoms with Gasteiger partial charge in [-0.1, -0.05) is 49.4 Å². The number of esters is 1. The van der Waals surface area contributed by atoms with Crippen molar-refractivity contribution in [3.05, 3.63) is 65.7 Å². The number of nitrogens with one attached hydrogen (secondary N) is 2. The molecule has 0 aliphatic heterocycles. The van der Waals surface area contributed by atoms with Gasteiger partial charge in [0.15, 0.2) is 6.04 Å². The molecule has 2 aromatic rings. The fourth-order valence-electron chi connectivity index (χ4n) is 2.21. The maximum atomic E-state index is 12.2. The molecule has 120 valence electrons. The van der Waals surface area contributed by atoms with E-state index in [-0.39, 0.29) is 0 Å². The van der Waals surface area contributed by atoms with Crippen LogP contribution in [-0.2, 0) is 16.0 Å². The highest BCUT2D eigenvalue weighted by Crippen LogP contribution is 2.15. The number of carbonyl (C=O) groups is 2. The third-order valence-electron chi connectivity index (χ3n) is 3.44. The number of amides is 2. The van der Waals surface area contributed by atoms with Crippen LogP contribution in [0.15, 0.2) is 54.6 Å². The fraction of sp³-hybridized carbons (Fsp3) is 0.222. The summed E-state index contributed by atoms with van der Waals surface area (Å²) >= 11 is 0. The smallest absolute Gasteiger partial charge is 0.333 e.